The van der Waals surface area contributed by atoms with Gasteiger partial charge < -0.3 is 9.84 Å². The van der Waals surface area contributed by atoms with E-state index >= 15 is 0 Å². The van der Waals surface area contributed by atoms with Crippen molar-refractivity contribution in [1.29, 1.82) is 5.26 Å². The zero-order valence-electron chi connectivity index (χ0n) is 22.3. The molecule has 0 radical (unpaired) electrons. The zero-order valence-corrected chi connectivity index (χ0v) is 23.9. The standard InChI is InChI=1S/C29H34N4O4S2/c1-19(2)37-27-11-8-20(15-21(27)16-30)29-31-17-28(38-29)25-7-3-6-24-23(25)9-10-26(24)32-39(35,36)14-13-33-12-4-5-22(34)18-33/h3,6-8,11,15,17,19,22,26,32,34H,4-5,9-10,12-14,18H2,1-2H3/t22-,26?/m1/s1. The number of aliphatic hydroxyl groups excluding tert-OH is 1. The molecule has 1 unspecified atom stereocenters. The van der Waals surface area contributed by atoms with E-state index in [0.29, 0.717) is 30.8 Å². The van der Waals surface area contributed by atoms with E-state index in [1.807, 2.05) is 55.3 Å². The van der Waals surface area contributed by atoms with Crippen LogP contribution >= 0.6 is 11.3 Å². The molecule has 0 spiro atoms. The molecule has 0 bridgehead atoms. The second-order valence-corrected chi connectivity index (χ2v) is 13.4. The maximum Gasteiger partial charge on any atom is 0.213 e. The Kier molecular flexibility index (Phi) is 8.35. The number of hydrogen-bond acceptors (Lipinski definition) is 8. The summed E-state index contributed by atoms with van der Waals surface area (Å²) >= 11 is 1.56. The van der Waals surface area contributed by atoms with Gasteiger partial charge in [-0.25, -0.2) is 18.1 Å². The predicted molar refractivity (Wildman–Crippen MR) is 153 cm³/mol. The molecule has 2 heterocycles. The number of nitrogens with one attached hydrogen (secondary N) is 1. The minimum atomic E-state index is -3.47. The van der Waals surface area contributed by atoms with Crippen molar-refractivity contribution in [3.63, 3.8) is 0 Å². The molecule has 39 heavy (non-hydrogen) atoms. The van der Waals surface area contributed by atoms with Crippen molar-refractivity contribution >= 4 is 21.4 Å². The molecule has 1 aliphatic carbocycles. The Balaban J connectivity index is 1.31. The quantitative estimate of drug-likeness (QED) is 0.392. The summed E-state index contributed by atoms with van der Waals surface area (Å²) in [6.07, 6.45) is 4.63. The molecule has 0 amide bonds. The van der Waals surface area contributed by atoms with Crippen molar-refractivity contribution in [3.05, 3.63) is 59.3 Å². The maximum atomic E-state index is 12.9. The summed E-state index contributed by atoms with van der Waals surface area (Å²) in [7, 11) is -3.47. The molecule has 8 nitrogen and oxygen atoms in total. The van der Waals surface area contributed by atoms with Gasteiger partial charge in [-0.05, 0) is 81.0 Å². The van der Waals surface area contributed by atoms with E-state index in [-0.39, 0.29) is 24.0 Å². The number of hydrogen-bond donors (Lipinski definition) is 2. The van der Waals surface area contributed by atoms with Crippen molar-refractivity contribution < 1.29 is 18.3 Å². The van der Waals surface area contributed by atoms with E-state index in [0.717, 1.165) is 57.9 Å². The van der Waals surface area contributed by atoms with Crippen molar-refractivity contribution in [3.8, 4) is 32.8 Å². The third kappa shape index (κ3) is 6.51. The highest BCUT2D eigenvalue weighted by Crippen LogP contribution is 2.41. The van der Waals surface area contributed by atoms with Crippen LogP contribution in [-0.4, -0.2) is 61.0 Å². The molecular weight excluding hydrogens is 532 g/mol. The number of likely N-dealkylation sites (tertiary alicyclic amines) is 1. The molecule has 2 aromatic carbocycles. The van der Waals surface area contributed by atoms with Crippen LogP contribution in [0.4, 0.5) is 0 Å². The van der Waals surface area contributed by atoms with Crippen LogP contribution in [0.1, 0.15) is 55.8 Å². The van der Waals surface area contributed by atoms with Crippen LogP contribution in [-0.2, 0) is 16.4 Å². The lowest BCUT2D eigenvalue weighted by Crippen LogP contribution is -2.42. The molecule has 1 saturated heterocycles. The smallest absolute Gasteiger partial charge is 0.213 e. The summed E-state index contributed by atoms with van der Waals surface area (Å²) in [4.78, 5) is 7.68. The molecule has 3 aromatic rings. The SMILES string of the molecule is CC(C)Oc1ccc(-c2ncc(-c3cccc4c3CCC4NS(=O)(=O)CCN3CCC[C@@H](O)C3)s2)cc1C#N. The number of fused-ring (bicyclic) bond motifs is 1. The van der Waals surface area contributed by atoms with Crippen molar-refractivity contribution in [2.24, 2.45) is 0 Å². The Morgan fingerprint density at radius 3 is 2.90 bits per heavy atom. The molecule has 2 aliphatic rings. The zero-order chi connectivity index (χ0) is 27.6. The lowest BCUT2D eigenvalue weighted by atomic mass is 10.0. The van der Waals surface area contributed by atoms with E-state index < -0.39 is 10.0 Å². The summed E-state index contributed by atoms with van der Waals surface area (Å²) in [5.41, 5.74) is 4.57. The summed E-state index contributed by atoms with van der Waals surface area (Å²) in [5.74, 6) is 0.589. The number of nitrogens with zero attached hydrogens (tertiary/aromatic N) is 3. The topological polar surface area (TPSA) is 116 Å². The molecule has 5 rings (SSSR count). The first-order valence-electron chi connectivity index (χ1n) is 13.4. The molecule has 10 heteroatoms. The third-order valence-corrected chi connectivity index (χ3v) is 9.67. The lowest BCUT2D eigenvalue weighted by Gasteiger charge is -2.29. The van der Waals surface area contributed by atoms with E-state index in [2.05, 4.69) is 21.8 Å². The van der Waals surface area contributed by atoms with E-state index in [1.54, 1.807) is 11.3 Å². The number of rotatable bonds is 9. The highest BCUT2D eigenvalue weighted by atomic mass is 32.2. The number of ether oxygens (including phenoxy) is 1. The second-order valence-electron chi connectivity index (χ2n) is 10.5. The summed E-state index contributed by atoms with van der Waals surface area (Å²) < 4.78 is 34.5. The second kappa shape index (κ2) is 11.7. The Morgan fingerprint density at radius 2 is 2.13 bits per heavy atom. The number of β-amino-alcohol motifs (C(OH)–C–C–N with tert-alkyl or cyclic N) is 1. The average molecular weight is 567 g/mol. The number of piperidine rings is 1. The van der Waals surface area contributed by atoms with Crippen LogP contribution < -0.4 is 9.46 Å². The third-order valence-electron chi connectivity index (χ3n) is 7.23. The number of aliphatic hydroxyl groups is 1. The number of benzene rings is 2. The predicted octanol–water partition coefficient (Wildman–Crippen LogP) is 4.50. The minimum absolute atomic E-state index is 0.0217. The highest BCUT2D eigenvalue weighted by Gasteiger charge is 2.29. The van der Waals surface area contributed by atoms with Gasteiger partial charge in [0.05, 0.1) is 28.4 Å². The fraction of sp³-hybridized carbons (Fsp3) is 0.448. The molecule has 1 aromatic heterocycles. The van der Waals surface area contributed by atoms with Crippen LogP contribution in [0.25, 0.3) is 21.0 Å². The van der Waals surface area contributed by atoms with Gasteiger partial charge in [-0.2, -0.15) is 5.26 Å². The molecular formula is C29H34N4O4S2. The molecule has 1 aliphatic heterocycles. The summed E-state index contributed by atoms with van der Waals surface area (Å²) in [6.45, 7) is 5.64. The maximum absolute atomic E-state index is 12.9. The first-order valence-corrected chi connectivity index (χ1v) is 15.9. The van der Waals surface area contributed by atoms with Crippen molar-refractivity contribution in [2.75, 3.05) is 25.4 Å². The number of aromatic nitrogens is 1. The molecule has 0 saturated carbocycles. The molecule has 2 atom stereocenters. The molecule has 2 N–H and O–H groups in total. The van der Waals surface area contributed by atoms with Gasteiger partial charge in [0.15, 0.2) is 0 Å². The molecule has 1 fully saturated rings. The fourth-order valence-corrected chi connectivity index (χ4v) is 7.67. The van der Waals surface area contributed by atoms with Gasteiger partial charge in [-0.3, -0.25) is 4.90 Å². The van der Waals surface area contributed by atoms with Gasteiger partial charge >= 0.3 is 0 Å². The fourth-order valence-electron chi connectivity index (χ4n) is 5.41. The first-order chi connectivity index (χ1) is 18.7. The minimum Gasteiger partial charge on any atom is -0.490 e. The first kappa shape index (κ1) is 27.7. The average Bonchev–Trinajstić information content (AvgIpc) is 3.55. The van der Waals surface area contributed by atoms with Crippen LogP contribution in [0.2, 0.25) is 0 Å². The Morgan fingerprint density at radius 1 is 1.28 bits per heavy atom. The normalized spacial score (nSPS) is 19.7. The summed E-state index contributed by atoms with van der Waals surface area (Å²) in [6, 6.07) is 13.6. The number of sulfonamides is 1. The van der Waals surface area contributed by atoms with Gasteiger partial charge in [0, 0.05) is 30.9 Å². The van der Waals surface area contributed by atoms with Gasteiger partial charge in [-0.1, -0.05) is 18.2 Å². The monoisotopic (exact) mass is 566 g/mol. The van der Waals surface area contributed by atoms with Crippen molar-refractivity contribution in [2.45, 2.75) is 57.8 Å². The van der Waals surface area contributed by atoms with Crippen LogP contribution in [0, 0.1) is 11.3 Å². The number of nitriles is 1. The van der Waals surface area contributed by atoms with Gasteiger partial charge in [0.2, 0.25) is 10.0 Å². The van der Waals surface area contributed by atoms with Crippen LogP contribution in [0.15, 0.2) is 42.6 Å². The van der Waals surface area contributed by atoms with Crippen molar-refractivity contribution in [1.82, 2.24) is 14.6 Å². The van der Waals surface area contributed by atoms with E-state index in [1.165, 1.54) is 0 Å². The van der Waals surface area contributed by atoms with Gasteiger partial charge in [-0.15, -0.1) is 11.3 Å². The Hall–Kier alpha value is -2.81. The van der Waals surface area contributed by atoms with Crippen LogP contribution in [0.5, 0.6) is 5.75 Å². The highest BCUT2D eigenvalue weighted by molar-refractivity contribution is 7.89. The molecule has 206 valence electrons. The Bertz CT molecular complexity index is 1480. The summed E-state index contributed by atoms with van der Waals surface area (Å²) in [5, 5.41) is 20.3. The van der Waals surface area contributed by atoms with Crippen LogP contribution in [0.3, 0.4) is 0 Å². The van der Waals surface area contributed by atoms with Gasteiger partial charge in [0.25, 0.3) is 0 Å². The van der Waals surface area contributed by atoms with E-state index in [9.17, 15) is 18.8 Å². The van der Waals surface area contributed by atoms with Gasteiger partial charge in [0.1, 0.15) is 16.8 Å². The lowest BCUT2D eigenvalue weighted by molar-refractivity contribution is 0.0740. The largest absolute Gasteiger partial charge is 0.490 e. The van der Waals surface area contributed by atoms with E-state index in [4.69, 9.17) is 4.74 Å². The Labute approximate surface area is 234 Å². The number of thiazole rings is 1.